The summed E-state index contributed by atoms with van der Waals surface area (Å²) in [6, 6.07) is 0. The number of hydrogen-bond acceptors (Lipinski definition) is 7. The molecule has 9 nitrogen and oxygen atoms in total. The molecule has 0 rings (SSSR count). The zero-order valence-corrected chi connectivity index (χ0v) is 34.2. The summed E-state index contributed by atoms with van der Waals surface area (Å²) in [5.41, 5.74) is 0. The summed E-state index contributed by atoms with van der Waals surface area (Å²) in [5.74, 6) is -0.960. The predicted octanol–water partition coefficient (Wildman–Crippen LogP) is 11.7. The number of aliphatic hydroxyl groups is 1. The molecule has 10 heteroatoms. The number of ether oxygens (including phenoxy) is 2. The Balaban J connectivity index is 3.99. The first-order chi connectivity index (χ1) is 25.8. The van der Waals surface area contributed by atoms with Crippen LogP contribution in [0.1, 0.15) is 187 Å². The zero-order chi connectivity index (χ0) is 38.9. The van der Waals surface area contributed by atoms with E-state index in [1.807, 2.05) is 12.2 Å². The third kappa shape index (κ3) is 42.6. The normalized spacial score (nSPS) is 12.9. The molecule has 0 unspecified atom stereocenters. The van der Waals surface area contributed by atoms with Gasteiger partial charge >= 0.3 is 19.8 Å². The third-order valence-electron chi connectivity index (χ3n) is 8.91. The second-order valence-electron chi connectivity index (χ2n) is 14.0. The van der Waals surface area contributed by atoms with Crippen molar-refractivity contribution < 1.29 is 43.0 Å². The molecule has 0 aromatic heterocycles. The Kier molecular flexibility index (Phi) is 38.1. The Morgan fingerprint density at radius 2 is 0.943 bits per heavy atom. The fourth-order valence-corrected chi connectivity index (χ4v) is 6.12. The van der Waals surface area contributed by atoms with E-state index in [1.54, 1.807) is 0 Å². The van der Waals surface area contributed by atoms with Crippen LogP contribution in [-0.2, 0) is 28.2 Å². The molecule has 0 saturated heterocycles. The van der Waals surface area contributed by atoms with Crippen molar-refractivity contribution in [2.24, 2.45) is 0 Å². The van der Waals surface area contributed by atoms with Crippen molar-refractivity contribution in [1.29, 1.82) is 0 Å². The molecule has 0 saturated carbocycles. The maximum Gasteiger partial charge on any atom is 0.469 e. The molecule has 0 aliphatic carbocycles. The second-order valence-corrected chi connectivity index (χ2v) is 15.3. The van der Waals surface area contributed by atoms with E-state index in [0.29, 0.717) is 19.3 Å². The van der Waals surface area contributed by atoms with Crippen molar-refractivity contribution in [2.75, 3.05) is 19.8 Å². The molecular formula is C43H77O9P. The Hall–Kier alpha value is -2.03. The van der Waals surface area contributed by atoms with Crippen LogP contribution in [0, 0.1) is 0 Å². The molecule has 0 bridgehead atoms. The van der Waals surface area contributed by atoms with Crippen molar-refractivity contribution in [1.82, 2.24) is 0 Å². The molecule has 53 heavy (non-hydrogen) atoms. The molecule has 0 amide bonds. The number of aliphatic hydroxyl groups excluding tert-OH is 1. The van der Waals surface area contributed by atoms with Crippen LogP contribution in [-0.4, -0.2) is 52.8 Å². The van der Waals surface area contributed by atoms with E-state index >= 15 is 0 Å². The number of hydrogen-bond donors (Lipinski definition) is 3. The number of unbranched alkanes of at least 4 members (excludes halogenated alkanes) is 20. The zero-order valence-electron chi connectivity index (χ0n) is 33.4. The SMILES string of the molecule is CCCCCCCCCCCCCCCCCCCC(=O)OC[C@H](COP(=O)(O)O)OC(=O)CCC/C=C\C/C=C\C/C=C\C/C=C\CCCCCO. The monoisotopic (exact) mass is 769 g/mol. The average molecular weight is 769 g/mol. The van der Waals surface area contributed by atoms with Crippen molar-refractivity contribution in [3.05, 3.63) is 48.6 Å². The molecule has 0 heterocycles. The largest absolute Gasteiger partial charge is 0.469 e. The van der Waals surface area contributed by atoms with E-state index in [1.165, 1.54) is 89.9 Å². The number of phosphoric ester groups is 1. The highest BCUT2D eigenvalue weighted by atomic mass is 31.2. The number of allylic oxidation sites excluding steroid dienone is 8. The van der Waals surface area contributed by atoms with Gasteiger partial charge in [-0.1, -0.05) is 165 Å². The number of phosphoric acid groups is 1. The van der Waals surface area contributed by atoms with Crippen molar-refractivity contribution in [3.8, 4) is 0 Å². The van der Waals surface area contributed by atoms with Crippen molar-refractivity contribution >= 4 is 19.8 Å². The molecule has 0 aromatic rings. The fourth-order valence-electron chi connectivity index (χ4n) is 5.76. The van der Waals surface area contributed by atoms with E-state index in [4.69, 9.17) is 24.4 Å². The van der Waals surface area contributed by atoms with E-state index in [-0.39, 0.29) is 26.1 Å². The molecule has 3 N–H and O–H groups in total. The first-order valence-corrected chi connectivity index (χ1v) is 22.6. The van der Waals surface area contributed by atoms with Gasteiger partial charge in [-0.15, -0.1) is 0 Å². The first-order valence-electron chi connectivity index (χ1n) is 21.0. The summed E-state index contributed by atoms with van der Waals surface area (Å²) in [6.07, 6.45) is 45.6. The minimum absolute atomic E-state index is 0.127. The maximum absolute atomic E-state index is 12.4. The van der Waals surface area contributed by atoms with Gasteiger partial charge in [0, 0.05) is 19.4 Å². The van der Waals surface area contributed by atoms with Crippen LogP contribution in [0.15, 0.2) is 48.6 Å². The molecular weight excluding hydrogens is 691 g/mol. The summed E-state index contributed by atoms with van der Waals surface area (Å²) >= 11 is 0. The highest BCUT2D eigenvalue weighted by molar-refractivity contribution is 7.46. The minimum Gasteiger partial charge on any atom is -0.462 e. The standard InChI is InChI=1S/C43H77O9P/c1-2-3-4-5-6-7-8-9-10-12-15-18-21-24-27-30-33-36-42(45)50-39-41(40-51-53(47,48)49)52-43(46)37-34-31-28-25-22-19-16-13-11-14-17-20-23-26-29-32-35-38-44/h11,14,16,19-20,23,25,28,41,44H,2-10,12-13,15,17-18,21-22,24,26-27,29-40H2,1H3,(H2,47,48,49)/b14-11-,19-16-,23-20-,28-25-/t41-/m1/s1. The molecule has 0 aliphatic heterocycles. The summed E-state index contributed by atoms with van der Waals surface area (Å²) < 4.78 is 26.3. The Labute approximate surface area is 323 Å². The summed E-state index contributed by atoms with van der Waals surface area (Å²) in [6.45, 7) is 1.66. The topological polar surface area (TPSA) is 140 Å². The lowest BCUT2D eigenvalue weighted by Crippen LogP contribution is -2.29. The van der Waals surface area contributed by atoms with Gasteiger partial charge in [0.25, 0.3) is 0 Å². The Bertz CT molecular complexity index is 1000. The van der Waals surface area contributed by atoms with Crippen molar-refractivity contribution in [3.63, 3.8) is 0 Å². The first kappa shape index (κ1) is 51.0. The van der Waals surface area contributed by atoms with Gasteiger partial charge in [0.2, 0.25) is 0 Å². The maximum atomic E-state index is 12.4. The number of carbonyl (C=O) groups excluding carboxylic acids is 2. The van der Waals surface area contributed by atoms with Gasteiger partial charge < -0.3 is 24.4 Å². The average Bonchev–Trinajstić information content (AvgIpc) is 3.13. The van der Waals surface area contributed by atoms with E-state index in [0.717, 1.165) is 57.8 Å². The highest BCUT2D eigenvalue weighted by Gasteiger charge is 2.22. The van der Waals surface area contributed by atoms with Crippen LogP contribution in [0.25, 0.3) is 0 Å². The molecule has 1 atom stereocenters. The van der Waals surface area contributed by atoms with Gasteiger partial charge in [-0.05, 0) is 57.8 Å². The summed E-state index contributed by atoms with van der Waals surface area (Å²) in [5, 5.41) is 8.77. The quantitative estimate of drug-likeness (QED) is 0.0241. The van der Waals surface area contributed by atoms with Gasteiger partial charge in [0.1, 0.15) is 6.61 Å². The van der Waals surface area contributed by atoms with Crippen LogP contribution >= 0.6 is 7.82 Å². The van der Waals surface area contributed by atoms with E-state index in [2.05, 4.69) is 47.9 Å². The van der Waals surface area contributed by atoms with Gasteiger partial charge in [0.15, 0.2) is 6.10 Å². The summed E-state index contributed by atoms with van der Waals surface area (Å²) in [7, 11) is -4.77. The molecule has 0 fully saturated rings. The van der Waals surface area contributed by atoms with Crippen LogP contribution in [0.2, 0.25) is 0 Å². The molecule has 308 valence electrons. The van der Waals surface area contributed by atoms with Crippen LogP contribution in [0.5, 0.6) is 0 Å². The highest BCUT2D eigenvalue weighted by Crippen LogP contribution is 2.36. The minimum atomic E-state index is -4.77. The van der Waals surface area contributed by atoms with Gasteiger partial charge in [-0.3, -0.25) is 14.1 Å². The third-order valence-corrected chi connectivity index (χ3v) is 9.39. The number of carbonyl (C=O) groups is 2. The summed E-state index contributed by atoms with van der Waals surface area (Å²) in [4.78, 5) is 42.8. The fraction of sp³-hybridized carbons (Fsp3) is 0.767. The van der Waals surface area contributed by atoms with Crippen LogP contribution in [0.3, 0.4) is 0 Å². The van der Waals surface area contributed by atoms with E-state index in [9.17, 15) is 14.2 Å². The van der Waals surface area contributed by atoms with Gasteiger partial charge in [-0.2, -0.15) is 0 Å². The van der Waals surface area contributed by atoms with E-state index < -0.39 is 32.5 Å². The lowest BCUT2D eigenvalue weighted by Gasteiger charge is -2.18. The van der Waals surface area contributed by atoms with Gasteiger partial charge in [-0.25, -0.2) is 4.57 Å². The smallest absolute Gasteiger partial charge is 0.462 e. The molecule has 0 radical (unpaired) electrons. The molecule has 0 spiro atoms. The molecule has 0 aromatic carbocycles. The second kappa shape index (κ2) is 39.7. The van der Waals surface area contributed by atoms with Gasteiger partial charge in [0.05, 0.1) is 6.61 Å². The number of rotatable bonds is 39. The van der Waals surface area contributed by atoms with Crippen molar-refractivity contribution in [2.45, 2.75) is 193 Å². The predicted molar refractivity (Wildman–Crippen MR) is 217 cm³/mol. The Morgan fingerprint density at radius 3 is 1.42 bits per heavy atom. The number of esters is 2. The van der Waals surface area contributed by atoms with Crippen LogP contribution in [0.4, 0.5) is 0 Å². The lowest BCUT2D eigenvalue weighted by molar-refractivity contribution is -0.161. The van der Waals surface area contributed by atoms with Crippen LogP contribution < -0.4 is 0 Å². The lowest BCUT2D eigenvalue weighted by atomic mass is 10.0. The molecule has 0 aliphatic rings. The Morgan fingerprint density at radius 1 is 0.528 bits per heavy atom.